The van der Waals surface area contributed by atoms with Crippen LogP contribution in [0.2, 0.25) is 0 Å². The van der Waals surface area contributed by atoms with Crippen LogP contribution in [-0.2, 0) is 11.3 Å². The van der Waals surface area contributed by atoms with Gasteiger partial charge in [0.1, 0.15) is 5.75 Å². The lowest BCUT2D eigenvalue weighted by atomic mass is 9.86. The highest BCUT2D eigenvalue weighted by atomic mass is 16.6. The van der Waals surface area contributed by atoms with Crippen molar-refractivity contribution < 1.29 is 14.8 Å². The lowest BCUT2D eigenvalue weighted by Gasteiger charge is -2.20. The molecule has 2 N–H and O–H groups in total. The summed E-state index contributed by atoms with van der Waals surface area (Å²) in [6, 6.07) is 3.83. The van der Waals surface area contributed by atoms with Gasteiger partial charge in [0.15, 0.2) is 0 Å². The van der Waals surface area contributed by atoms with E-state index < -0.39 is 4.92 Å². The number of nitrogens with one attached hydrogen (secondary N) is 1. The summed E-state index contributed by atoms with van der Waals surface area (Å²) in [7, 11) is 0. The number of carbonyl (C=O) groups is 1. The van der Waals surface area contributed by atoms with Gasteiger partial charge in [-0.1, -0.05) is 6.42 Å². The molecule has 0 heterocycles. The second-order valence-electron chi connectivity index (χ2n) is 6.49. The highest BCUT2D eigenvalue weighted by molar-refractivity contribution is 5.76. The van der Waals surface area contributed by atoms with Gasteiger partial charge in [0, 0.05) is 30.7 Å². The quantitative estimate of drug-likeness (QED) is 0.646. The molecule has 3 atom stereocenters. The van der Waals surface area contributed by atoms with Gasteiger partial charge in [0.2, 0.25) is 5.91 Å². The van der Waals surface area contributed by atoms with Gasteiger partial charge in [-0.05, 0) is 43.1 Å². The van der Waals surface area contributed by atoms with Crippen LogP contribution in [0.4, 0.5) is 5.69 Å². The van der Waals surface area contributed by atoms with Crippen LogP contribution in [0.5, 0.6) is 5.75 Å². The maximum absolute atomic E-state index is 12.1. The number of aromatic hydroxyl groups is 1. The molecule has 2 aliphatic carbocycles. The first-order valence-electron chi connectivity index (χ1n) is 7.76. The van der Waals surface area contributed by atoms with Gasteiger partial charge in [0.05, 0.1) is 4.92 Å². The highest BCUT2D eigenvalue weighted by Gasteiger charge is 2.40. The summed E-state index contributed by atoms with van der Waals surface area (Å²) in [6.45, 7) is 0.118. The summed E-state index contributed by atoms with van der Waals surface area (Å²) in [4.78, 5) is 22.3. The van der Waals surface area contributed by atoms with Crippen LogP contribution >= 0.6 is 0 Å². The third kappa shape index (κ3) is 3.05. The summed E-state index contributed by atoms with van der Waals surface area (Å²) >= 11 is 0. The van der Waals surface area contributed by atoms with Crippen molar-refractivity contribution in [2.45, 2.75) is 38.6 Å². The maximum atomic E-state index is 12.1. The zero-order valence-corrected chi connectivity index (χ0v) is 12.3. The summed E-state index contributed by atoms with van der Waals surface area (Å²) < 4.78 is 0. The molecule has 1 amide bonds. The molecule has 3 rings (SSSR count). The average molecular weight is 304 g/mol. The predicted molar refractivity (Wildman–Crippen MR) is 80.2 cm³/mol. The van der Waals surface area contributed by atoms with Crippen LogP contribution < -0.4 is 5.32 Å². The Morgan fingerprint density at radius 2 is 2.18 bits per heavy atom. The first kappa shape index (κ1) is 14.8. The standard InChI is InChI=1S/C16H20N2O4/c19-15-4-3-14(18(21)22)7-13(15)9-17-16(20)8-12-6-10-1-2-11(12)5-10/h3-4,7,10-12,19H,1-2,5-6,8-9H2,(H,17,20)/t10-,11-,12-/m1/s1. The van der Waals surface area contributed by atoms with Crippen molar-refractivity contribution in [3.05, 3.63) is 33.9 Å². The van der Waals surface area contributed by atoms with Crippen molar-refractivity contribution in [1.29, 1.82) is 0 Å². The smallest absolute Gasteiger partial charge is 0.270 e. The summed E-state index contributed by atoms with van der Waals surface area (Å²) in [5.41, 5.74) is 0.283. The number of nitro benzene ring substituents is 1. The highest BCUT2D eigenvalue weighted by Crippen LogP contribution is 2.49. The SMILES string of the molecule is O=C(C[C@H]1C[C@@H]2CC[C@@H]1C2)NCc1cc([N+](=O)[O-])ccc1O. The third-order valence-corrected chi connectivity index (χ3v) is 5.08. The number of fused-ring (bicyclic) bond motifs is 2. The Kier molecular flexibility index (Phi) is 4.00. The zero-order chi connectivity index (χ0) is 15.7. The molecule has 2 saturated carbocycles. The molecule has 2 bridgehead atoms. The minimum Gasteiger partial charge on any atom is -0.508 e. The normalized spacial score (nSPS) is 26.1. The zero-order valence-electron chi connectivity index (χ0n) is 12.3. The fourth-order valence-electron chi connectivity index (χ4n) is 3.96. The Morgan fingerprint density at radius 1 is 1.36 bits per heavy atom. The second kappa shape index (κ2) is 5.94. The molecular weight excluding hydrogens is 284 g/mol. The van der Waals surface area contributed by atoms with E-state index in [9.17, 15) is 20.0 Å². The van der Waals surface area contributed by atoms with Gasteiger partial charge in [-0.2, -0.15) is 0 Å². The molecule has 0 radical (unpaired) electrons. The van der Waals surface area contributed by atoms with Gasteiger partial charge < -0.3 is 10.4 Å². The predicted octanol–water partition coefficient (Wildman–Crippen LogP) is 2.74. The maximum Gasteiger partial charge on any atom is 0.270 e. The van der Waals surface area contributed by atoms with Crippen LogP contribution in [0.15, 0.2) is 18.2 Å². The first-order valence-corrected chi connectivity index (χ1v) is 7.76. The molecule has 1 aromatic carbocycles. The van der Waals surface area contributed by atoms with Gasteiger partial charge in [-0.3, -0.25) is 14.9 Å². The summed E-state index contributed by atoms with van der Waals surface area (Å²) in [6.07, 6.45) is 5.50. The van der Waals surface area contributed by atoms with E-state index in [1.54, 1.807) is 0 Å². The molecule has 0 aliphatic heterocycles. The van der Waals surface area contributed by atoms with Crippen LogP contribution in [0.1, 0.15) is 37.7 Å². The van der Waals surface area contributed by atoms with Crippen LogP contribution in [0, 0.1) is 27.9 Å². The number of hydrogen-bond donors (Lipinski definition) is 2. The van der Waals surface area contributed by atoms with E-state index in [0.717, 1.165) is 12.3 Å². The van der Waals surface area contributed by atoms with E-state index in [4.69, 9.17) is 0 Å². The van der Waals surface area contributed by atoms with E-state index >= 15 is 0 Å². The van der Waals surface area contributed by atoms with Gasteiger partial charge in [-0.25, -0.2) is 0 Å². The van der Waals surface area contributed by atoms with E-state index in [-0.39, 0.29) is 23.9 Å². The van der Waals surface area contributed by atoms with E-state index in [1.165, 1.54) is 37.5 Å². The Labute approximate surface area is 128 Å². The number of nitro groups is 1. The Bertz CT molecular complexity index is 602. The number of hydrogen-bond acceptors (Lipinski definition) is 4. The average Bonchev–Trinajstić information content (AvgIpc) is 3.08. The molecule has 118 valence electrons. The van der Waals surface area contributed by atoms with Gasteiger partial charge >= 0.3 is 0 Å². The molecule has 22 heavy (non-hydrogen) atoms. The molecular formula is C16H20N2O4. The third-order valence-electron chi connectivity index (χ3n) is 5.08. The fourth-order valence-corrected chi connectivity index (χ4v) is 3.96. The molecule has 6 nitrogen and oxygen atoms in total. The first-order chi connectivity index (χ1) is 10.5. The largest absolute Gasteiger partial charge is 0.508 e. The molecule has 1 aromatic rings. The topological polar surface area (TPSA) is 92.5 Å². The van der Waals surface area contributed by atoms with E-state index in [2.05, 4.69) is 5.32 Å². The van der Waals surface area contributed by atoms with Crippen molar-refractivity contribution in [3.8, 4) is 5.75 Å². The van der Waals surface area contributed by atoms with Crippen LogP contribution in [-0.4, -0.2) is 15.9 Å². The minimum absolute atomic E-state index is 0.0363. The molecule has 0 spiro atoms. The number of amides is 1. The van der Waals surface area contributed by atoms with E-state index in [0.29, 0.717) is 23.8 Å². The number of benzene rings is 1. The van der Waals surface area contributed by atoms with Crippen LogP contribution in [0.25, 0.3) is 0 Å². The fraction of sp³-hybridized carbons (Fsp3) is 0.562. The van der Waals surface area contributed by atoms with Crippen molar-refractivity contribution in [3.63, 3.8) is 0 Å². The van der Waals surface area contributed by atoms with Crippen molar-refractivity contribution in [2.24, 2.45) is 17.8 Å². The number of carbonyl (C=O) groups excluding carboxylic acids is 1. The summed E-state index contributed by atoms with van der Waals surface area (Å²) in [5.74, 6) is 1.91. The molecule has 0 saturated heterocycles. The lowest BCUT2D eigenvalue weighted by molar-refractivity contribution is -0.384. The Hall–Kier alpha value is -2.11. The van der Waals surface area contributed by atoms with Crippen molar-refractivity contribution >= 4 is 11.6 Å². The minimum atomic E-state index is -0.514. The number of rotatable bonds is 5. The summed E-state index contributed by atoms with van der Waals surface area (Å²) in [5, 5.41) is 23.2. The number of phenols is 1. The van der Waals surface area contributed by atoms with Gasteiger partial charge in [0.25, 0.3) is 5.69 Å². The molecule has 0 unspecified atom stereocenters. The second-order valence-corrected chi connectivity index (χ2v) is 6.49. The van der Waals surface area contributed by atoms with Crippen molar-refractivity contribution in [2.75, 3.05) is 0 Å². The molecule has 0 aromatic heterocycles. The molecule has 2 aliphatic rings. The van der Waals surface area contributed by atoms with E-state index in [1.807, 2.05) is 0 Å². The van der Waals surface area contributed by atoms with Crippen molar-refractivity contribution in [1.82, 2.24) is 5.32 Å². The monoisotopic (exact) mass is 304 g/mol. The van der Waals surface area contributed by atoms with Crippen LogP contribution in [0.3, 0.4) is 0 Å². The number of nitrogens with zero attached hydrogens (tertiary/aromatic N) is 1. The Morgan fingerprint density at radius 3 is 2.82 bits per heavy atom. The van der Waals surface area contributed by atoms with Gasteiger partial charge in [-0.15, -0.1) is 0 Å². The Balaban J connectivity index is 1.54. The molecule has 6 heteroatoms. The lowest BCUT2D eigenvalue weighted by Crippen LogP contribution is -2.27. The molecule has 2 fully saturated rings. The number of phenolic OH excluding ortho intramolecular Hbond substituents is 1. The number of non-ortho nitro benzene ring substituents is 1.